The highest BCUT2D eigenvalue weighted by atomic mass is 32.2. The largest absolute Gasteiger partial charge is 0.495 e. The Bertz CT molecular complexity index is 1410. The van der Waals surface area contributed by atoms with Crippen molar-refractivity contribution in [1.29, 1.82) is 0 Å². The predicted molar refractivity (Wildman–Crippen MR) is 139 cm³/mol. The Labute approximate surface area is 203 Å². The average molecular weight is 474 g/mol. The Morgan fingerprint density at radius 1 is 1.09 bits per heavy atom. The Hall–Kier alpha value is -3.58. The van der Waals surface area contributed by atoms with Gasteiger partial charge >= 0.3 is 0 Å². The molecule has 4 aromatic rings. The van der Waals surface area contributed by atoms with Gasteiger partial charge in [0.15, 0.2) is 5.16 Å². The van der Waals surface area contributed by atoms with Crippen LogP contribution in [0.5, 0.6) is 5.75 Å². The molecule has 6 nitrogen and oxygen atoms in total. The molecule has 4 rings (SSSR count). The van der Waals surface area contributed by atoms with Crippen LogP contribution in [0.2, 0.25) is 0 Å². The van der Waals surface area contributed by atoms with Gasteiger partial charge in [-0.05, 0) is 54.3 Å². The maximum absolute atomic E-state index is 13.6. The maximum atomic E-state index is 13.6. The number of aryl methyl sites for hydroxylation is 1. The van der Waals surface area contributed by atoms with E-state index in [0.29, 0.717) is 27.5 Å². The summed E-state index contributed by atoms with van der Waals surface area (Å²) in [5.74, 6) is 0.686. The fourth-order valence-electron chi connectivity index (χ4n) is 3.84. The molecule has 0 aliphatic carbocycles. The van der Waals surface area contributed by atoms with Gasteiger partial charge in [-0.3, -0.25) is 14.2 Å². The zero-order valence-corrected chi connectivity index (χ0v) is 20.5. The summed E-state index contributed by atoms with van der Waals surface area (Å²) in [4.78, 5) is 31.2. The number of nitrogens with one attached hydrogen (secondary N) is 1. The molecule has 0 radical (unpaired) electrons. The third-order valence-corrected chi connectivity index (χ3v) is 6.44. The van der Waals surface area contributed by atoms with E-state index in [1.54, 1.807) is 17.7 Å². The monoisotopic (exact) mass is 473 g/mol. The number of hydrogen-bond acceptors (Lipinski definition) is 5. The molecule has 0 aliphatic heterocycles. The lowest BCUT2D eigenvalue weighted by molar-refractivity contribution is -0.113. The summed E-state index contributed by atoms with van der Waals surface area (Å²) in [5.41, 5.74) is 3.90. The number of para-hydroxylation sites is 2. The minimum atomic E-state index is -0.208. The van der Waals surface area contributed by atoms with Crippen molar-refractivity contribution in [3.8, 4) is 11.4 Å². The first-order chi connectivity index (χ1) is 16.4. The van der Waals surface area contributed by atoms with E-state index in [2.05, 4.69) is 19.2 Å². The Morgan fingerprint density at radius 3 is 2.59 bits per heavy atom. The van der Waals surface area contributed by atoms with E-state index in [-0.39, 0.29) is 23.1 Å². The quantitative estimate of drug-likeness (QED) is 0.281. The van der Waals surface area contributed by atoms with Gasteiger partial charge in [-0.25, -0.2) is 4.98 Å². The third kappa shape index (κ3) is 4.84. The molecule has 0 bridgehead atoms. The van der Waals surface area contributed by atoms with Crippen molar-refractivity contribution in [1.82, 2.24) is 9.55 Å². The molecule has 1 amide bonds. The molecule has 1 aromatic heterocycles. The third-order valence-electron chi connectivity index (χ3n) is 5.51. The van der Waals surface area contributed by atoms with Crippen LogP contribution in [0.1, 0.15) is 30.9 Å². The summed E-state index contributed by atoms with van der Waals surface area (Å²) in [6.45, 7) is 6.13. The molecule has 1 heterocycles. The normalized spacial score (nSPS) is 11.1. The smallest absolute Gasteiger partial charge is 0.266 e. The van der Waals surface area contributed by atoms with Crippen LogP contribution in [0.4, 0.5) is 5.69 Å². The highest BCUT2D eigenvalue weighted by Gasteiger charge is 2.18. The van der Waals surface area contributed by atoms with Crippen molar-refractivity contribution >= 4 is 34.3 Å². The van der Waals surface area contributed by atoms with Gasteiger partial charge in [0.05, 0.1) is 35.1 Å². The summed E-state index contributed by atoms with van der Waals surface area (Å²) in [6.07, 6.45) is 0. The van der Waals surface area contributed by atoms with Gasteiger partial charge in [0, 0.05) is 0 Å². The zero-order chi connectivity index (χ0) is 24.2. The Morgan fingerprint density at radius 2 is 1.82 bits per heavy atom. The molecule has 34 heavy (non-hydrogen) atoms. The molecule has 0 unspecified atom stereocenters. The summed E-state index contributed by atoms with van der Waals surface area (Å²) in [6, 6.07) is 20.7. The van der Waals surface area contributed by atoms with Crippen molar-refractivity contribution in [3.63, 3.8) is 0 Å². The van der Waals surface area contributed by atoms with Gasteiger partial charge < -0.3 is 10.1 Å². The van der Waals surface area contributed by atoms with Crippen LogP contribution in [0.15, 0.2) is 76.7 Å². The van der Waals surface area contributed by atoms with Crippen molar-refractivity contribution in [2.45, 2.75) is 31.8 Å². The number of fused-ring (bicyclic) bond motifs is 1. The number of methoxy groups -OCH3 is 1. The maximum Gasteiger partial charge on any atom is 0.266 e. The van der Waals surface area contributed by atoms with E-state index in [1.807, 2.05) is 67.6 Å². The van der Waals surface area contributed by atoms with Crippen LogP contribution in [0, 0.1) is 6.92 Å². The number of anilines is 1. The number of hydrogen-bond donors (Lipinski definition) is 1. The van der Waals surface area contributed by atoms with E-state index < -0.39 is 0 Å². The van der Waals surface area contributed by atoms with Gasteiger partial charge in [-0.2, -0.15) is 0 Å². The number of rotatable bonds is 7. The summed E-state index contributed by atoms with van der Waals surface area (Å²) in [5, 5.41) is 3.93. The number of nitrogens with zero attached hydrogens (tertiary/aromatic N) is 2. The van der Waals surface area contributed by atoms with E-state index in [9.17, 15) is 9.59 Å². The lowest BCUT2D eigenvalue weighted by Crippen LogP contribution is -2.24. The van der Waals surface area contributed by atoms with Gasteiger partial charge in [0.25, 0.3) is 5.56 Å². The molecule has 0 atom stereocenters. The van der Waals surface area contributed by atoms with E-state index >= 15 is 0 Å². The summed E-state index contributed by atoms with van der Waals surface area (Å²) < 4.78 is 6.99. The van der Waals surface area contributed by atoms with Crippen LogP contribution in [-0.2, 0) is 4.79 Å². The van der Waals surface area contributed by atoms with Gasteiger partial charge in [0.2, 0.25) is 5.91 Å². The van der Waals surface area contributed by atoms with E-state index in [0.717, 1.165) is 16.8 Å². The molecule has 0 saturated heterocycles. The summed E-state index contributed by atoms with van der Waals surface area (Å²) >= 11 is 1.24. The first-order valence-electron chi connectivity index (χ1n) is 11.1. The van der Waals surface area contributed by atoms with Crippen molar-refractivity contribution < 1.29 is 9.53 Å². The summed E-state index contributed by atoms with van der Waals surface area (Å²) in [7, 11) is 1.57. The van der Waals surface area contributed by atoms with Crippen LogP contribution in [0.3, 0.4) is 0 Å². The molecular formula is C27H27N3O3S. The number of carbonyl (C=O) groups is 1. The lowest BCUT2D eigenvalue weighted by atomic mass is 10.0. The van der Waals surface area contributed by atoms with E-state index in [4.69, 9.17) is 9.72 Å². The highest BCUT2D eigenvalue weighted by Crippen LogP contribution is 2.28. The molecule has 1 N–H and O–H groups in total. The molecule has 0 fully saturated rings. The molecule has 0 saturated carbocycles. The first-order valence-corrected chi connectivity index (χ1v) is 12.1. The van der Waals surface area contributed by atoms with Crippen LogP contribution >= 0.6 is 11.8 Å². The minimum Gasteiger partial charge on any atom is -0.495 e. The zero-order valence-electron chi connectivity index (χ0n) is 19.7. The second-order valence-electron chi connectivity index (χ2n) is 8.31. The molecule has 0 aliphatic rings. The van der Waals surface area contributed by atoms with Gasteiger partial charge in [-0.15, -0.1) is 0 Å². The number of aromatic nitrogens is 2. The topological polar surface area (TPSA) is 73.2 Å². The minimum absolute atomic E-state index is 0.0890. The number of carbonyl (C=O) groups excluding carboxylic acids is 1. The second-order valence-corrected chi connectivity index (χ2v) is 9.25. The molecule has 174 valence electrons. The Balaban J connectivity index is 1.72. The molecule has 7 heteroatoms. The van der Waals surface area contributed by atoms with Crippen molar-refractivity contribution in [2.75, 3.05) is 18.2 Å². The molecule has 0 spiro atoms. The first kappa shape index (κ1) is 23.6. The fourth-order valence-corrected chi connectivity index (χ4v) is 4.64. The standard InChI is InChI=1S/C27H27N3O3S/c1-17(2)19-9-6-8-12-23(19)30-26(32)20-10-5-7-11-21(20)29-27(30)34-16-25(31)28-22-15-18(3)13-14-24(22)33-4/h5-15,17H,16H2,1-4H3,(H,28,31). The SMILES string of the molecule is COc1ccc(C)cc1NC(=O)CSc1nc2ccccc2c(=O)n1-c1ccccc1C(C)C. The van der Waals surface area contributed by atoms with Crippen LogP contribution in [-0.4, -0.2) is 28.3 Å². The number of benzene rings is 3. The fraction of sp³-hybridized carbons (Fsp3) is 0.222. The predicted octanol–water partition coefficient (Wildman–Crippen LogP) is 5.56. The van der Waals surface area contributed by atoms with Crippen molar-refractivity contribution in [3.05, 3.63) is 88.2 Å². The number of amides is 1. The highest BCUT2D eigenvalue weighted by molar-refractivity contribution is 7.99. The number of ether oxygens (including phenoxy) is 1. The Kier molecular flexibility index (Phi) is 7.03. The van der Waals surface area contributed by atoms with Crippen LogP contribution in [0.25, 0.3) is 16.6 Å². The van der Waals surface area contributed by atoms with Crippen molar-refractivity contribution in [2.24, 2.45) is 0 Å². The van der Waals surface area contributed by atoms with Gasteiger partial charge in [0.1, 0.15) is 5.75 Å². The lowest BCUT2D eigenvalue weighted by Gasteiger charge is -2.18. The van der Waals surface area contributed by atoms with Gasteiger partial charge in [-0.1, -0.05) is 62.0 Å². The molecular weight excluding hydrogens is 446 g/mol. The average Bonchev–Trinajstić information content (AvgIpc) is 2.83. The molecule has 3 aromatic carbocycles. The second kappa shape index (κ2) is 10.1. The van der Waals surface area contributed by atoms with Crippen LogP contribution < -0.4 is 15.6 Å². The number of thioether (sulfide) groups is 1. The van der Waals surface area contributed by atoms with E-state index in [1.165, 1.54) is 11.8 Å².